The van der Waals surface area contributed by atoms with Crippen molar-refractivity contribution >= 4 is 42.4 Å². The molecule has 114 valence electrons. The largest absolute Gasteiger partial charge is 0.239 e. The van der Waals surface area contributed by atoms with Gasteiger partial charge in [0.25, 0.3) is 0 Å². The average Bonchev–Trinajstić information content (AvgIpc) is 3.00. The minimum absolute atomic E-state index is 0.751. The first kappa shape index (κ1) is 13.6. The Bertz CT molecular complexity index is 1180. The van der Waals surface area contributed by atoms with E-state index in [0.717, 1.165) is 22.5 Å². The average molecular weight is 326 g/mol. The van der Waals surface area contributed by atoms with Gasteiger partial charge >= 0.3 is 0 Å². The first-order valence-electron chi connectivity index (χ1n) is 7.98. The molecular formula is C21H14N2S. The Morgan fingerprint density at radius 2 is 1.54 bits per heavy atom. The Hall–Kier alpha value is -2.78. The van der Waals surface area contributed by atoms with Gasteiger partial charge in [-0.05, 0) is 22.4 Å². The van der Waals surface area contributed by atoms with Crippen molar-refractivity contribution in [3.63, 3.8) is 0 Å². The second-order valence-corrected chi connectivity index (χ2v) is 7.00. The van der Waals surface area contributed by atoms with Gasteiger partial charge in [-0.25, -0.2) is 9.97 Å². The van der Waals surface area contributed by atoms with Crippen LogP contribution in [-0.4, -0.2) is 9.97 Å². The van der Waals surface area contributed by atoms with E-state index in [0.29, 0.717) is 0 Å². The lowest BCUT2D eigenvalue weighted by atomic mass is 10.0. The lowest BCUT2D eigenvalue weighted by Gasteiger charge is -2.06. The molecular weight excluding hydrogens is 312 g/mol. The molecule has 0 saturated carbocycles. The molecule has 0 atom stereocenters. The molecule has 24 heavy (non-hydrogen) atoms. The summed E-state index contributed by atoms with van der Waals surface area (Å²) in [6.45, 7) is 0. The fourth-order valence-corrected chi connectivity index (χ4v) is 4.26. The van der Waals surface area contributed by atoms with Crippen molar-refractivity contribution in [3.05, 3.63) is 84.3 Å². The summed E-state index contributed by atoms with van der Waals surface area (Å²) in [4.78, 5) is 9.47. The number of benzene rings is 3. The van der Waals surface area contributed by atoms with Gasteiger partial charge in [-0.2, -0.15) is 0 Å². The molecule has 5 rings (SSSR count). The molecule has 0 N–H and O–H groups in total. The lowest BCUT2D eigenvalue weighted by Crippen LogP contribution is -1.96. The number of hydrogen-bond donors (Lipinski definition) is 0. The number of thiophene rings is 1. The predicted octanol–water partition coefficient (Wildman–Crippen LogP) is 5.59. The highest BCUT2D eigenvalue weighted by molar-refractivity contribution is 7.25. The number of rotatable bonds is 2. The van der Waals surface area contributed by atoms with E-state index < -0.39 is 0 Å². The van der Waals surface area contributed by atoms with E-state index in [9.17, 15) is 0 Å². The molecule has 2 nitrogen and oxygen atoms in total. The standard InChI is InChI=1S/C21H14N2S/c1-2-9-16-14(6-1)7-5-8-15(16)12-20-22-13-19-21(23-20)17-10-3-4-11-18(17)24-19/h1-11,13H,12H2. The van der Waals surface area contributed by atoms with Crippen molar-refractivity contribution in [2.45, 2.75) is 6.42 Å². The molecule has 0 fully saturated rings. The van der Waals surface area contributed by atoms with Crippen LogP contribution in [0.1, 0.15) is 11.4 Å². The van der Waals surface area contributed by atoms with E-state index in [-0.39, 0.29) is 0 Å². The van der Waals surface area contributed by atoms with Crippen LogP contribution in [0.15, 0.2) is 72.9 Å². The van der Waals surface area contributed by atoms with Gasteiger partial charge in [0.15, 0.2) is 0 Å². The monoisotopic (exact) mass is 326 g/mol. The van der Waals surface area contributed by atoms with Crippen molar-refractivity contribution in [1.29, 1.82) is 0 Å². The summed E-state index contributed by atoms with van der Waals surface area (Å²) in [5, 5.41) is 3.76. The van der Waals surface area contributed by atoms with Gasteiger partial charge in [0.2, 0.25) is 0 Å². The van der Waals surface area contributed by atoms with Crippen LogP contribution in [0.5, 0.6) is 0 Å². The molecule has 0 aliphatic rings. The highest BCUT2D eigenvalue weighted by Crippen LogP contribution is 2.32. The first-order valence-corrected chi connectivity index (χ1v) is 8.80. The Morgan fingerprint density at radius 3 is 2.50 bits per heavy atom. The number of hydrogen-bond acceptors (Lipinski definition) is 3. The van der Waals surface area contributed by atoms with Gasteiger partial charge in [-0.15, -0.1) is 11.3 Å². The van der Waals surface area contributed by atoms with E-state index in [2.05, 4.69) is 71.7 Å². The second kappa shape index (κ2) is 5.39. The fourth-order valence-electron chi connectivity index (χ4n) is 3.25. The first-order chi connectivity index (χ1) is 11.9. The smallest absolute Gasteiger partial charge is 0.133 e. The second-order valence-electron chi connectivity index (χ2n) is 5.91. The van der Waals surface area contributed by atoms with E-state index in [1.807, 2.05) is 6.20 Å². The van der Waals surface area contributed by atoms with Crippen molar-refractivity contribution in [1.82, 2.24) is 9.97 Å². The third-order valence-electron chi connectivity index (χ3n) is 4.40. The molecule has 0 aliphatic heterocycles. The van der Waals surface area contributed by atoms with Crippen molar-refractivity contribution in [2.24, 2.45) is 0 Å². The van der Waals surface area contributed by atoms with Crippen molar-refractivity contribution in [2.75, 3.05) is 0 Å². The number of fused-ring (bicyclic) bond motifs is 4. The minimum Gasteiger partial charge on any atom is -0.239 e. The van der Waals surface area contributed by atoms with Crippen LogP contribution < -0.4 is 0 Å². The molecule has 0 aliphatic carbocycles. The van der Waals surface area contributed by atoms with Gasteiger partial charge in [0.05, 0.1) is 10.2 Å². The number of nitrogens with zero attached hydrogens (tertiary/aromatic N) is 2. The molecule has 5 aromatic rings. The highest BCUT2D eigenvalue weighted by atomic mass is 32.1. The van der Waals surface area contributed by atoms with Crippen LogP contribution in [0.25, 0.3) is 31.1 Å². The SMILES string of the molecule is c1ccc2c(Cc3ncc4sc5ccccc5c4n3)cccc2c1. The molecule has 0 spiro atoms. The van der Waals surface area contributed by atoms with Gasteiger partial charge in [-0.3, -0.25) is 0 Å². The maximum absolute atomic E-state index is 4.86. The minimum atomic E-state index is 0.751. The zero-order valence-electron chi connectivity index (χ0n) is 12.9. The zero-order valence-corrected chi connectivity index (χ0v) is 13.8. The summed E-state index contributed by atoms with van der Waals surface area (Å²) in [5.74, 6) is 0.877. The van der Waals surface area contributed by atoms with Gasteiger partial charge in [0, 0.05) is 22.7 Å². The predicted molar refractivity (Wildman–Crippen MR) is 102 cm³/mol. The summed E-state index contributed by atoms with van der Waals surface area (Å²) in [5.41, 5.74) is 2.34. The quantitative estimate of drug-likeness (QED) is 0.423. The molecule has 3 heteroatoms. The third-order valence-corrected chi connectivity index (χ3v) is 5.49. The van der Waals surface area contributed by atoms with Gasteiger partial charge < -0.3 is 0 Å². The summed E-state index contributed by atoms with van der Waals surface area (Å²) in [7, 11) is 0. The summed E-state index contributed by atoms with van der Waals surface area (Å²) >= 11 is 1.75. The zero-order chi connectivity index (χ0) is 15.9. The molecule has 2 aromatic heterocycles. The molecule has 0 unspecified atom stereocenters. The van der Waals surface area contributed by atoms with Crippen LogP contribution in [0, 0.1) is 0 Å². The molecule has 0 bridgehead atoms. The number of aromatic nitrogens is 2. The van der Waals surface area contributed by atoms with Crippen LogP contribution in [-0.2, 0) is 6.42 Å². The molecule has 0 amide bonds. The van der Waals surface area contributed by atoms with Crippen LogP contribution in [0.3, 0.4) is 0 Å². The summed E-state index contributed by atoms with van der Waals surface area (Å²) in [6.07, 6.45) is 2.72. The Kier molecular flexibility index (Phi) is 3.06. The Labute approximate surface area is 143 Å². The third kappa shape index (κ3) is 2.17. The maximum Gasteiger partial charge on any atom is 0.133 e. The van der Waals surface area contributed by atoms with E-state index >= 15 is 0 Å². The fraction of sp³-hybridized carbons (Fsp3) is 0.0476. The van der Waals surface area contributed by atoms with Crippen LogP contribution >= 0.6 is 11.3 Å². The molecule has 2 heterocycles. The molecule has 0 saturated heterocycles. The maximum atomic E-state index is 4.86. The van der Waals surface area contributed by atoms with E-state index in [1.165, 1.54) is 26.4 Å². The van der Waals surface area contributed by atoms with Crippen molar-refractivity contribution in [3.8, 4) is 0 Å². The van der Waals surface area contributed by atoms with Gasteiger partial charge in [0.1, 0.15) is 5.82 Å². The van der Waals surface area contributed by atoms with Crippen LogP contribution in [0.4, 0.5) is 0 Å². The molecule has 3 aromatic carbocycles. The van der Waals surface area contributed by atoms with E-state index in [1.54, 1.807) is 11.3 Å². The van der Waals surface area contributed by atoms with Crippen LogP contribution in [0.2, 0.25) is 0 Å². The summed E-state index contributed by atoms with van der Waals surface area (Å²) in [6, 6.07) is 23.3. The summed E-state index contributed by atoms with van der Waals surface area (Å²) < 4.78 is 2.42. The highest BCUT2D eigenvalue weighted by Gasteiger charge is 2.09. The Balaban J connectivity index is 1.65. The Morgan fingerprint density at radius 1 is 0.750 bits per heavy atom. The normalized spacial score (nSPS) is 11.5. The van der Waals surface area contributed by atoms with Gasteiger partial charge in [-0.1, -0.05) is 60.7 Å². The van der Waals surface area contributed by atoms with E-state index in [4.69, 9.17) is 4.98 Å². The van der Waals surface area contributed by atoms with Crippen molar-refractivity contribution < 1.29 is 0 Å². The molecule has 0 radical (unpaired) electrons. The topological polar surface area (TPSA) is 25.8 Å². The lowest BCUT2D eigenvalue weighted by molar-refractivity contribution is 1.00.